The lowest BCUT2D eigenvalue weighted by Crippen LogP contribution is -2.61. The second kappa shape index (κ2) is 9.66. The lowest BCUT2D eigenvalue weighted by molar-refractivity contribution is -0.0971. The van der Waals surface area contributed by atoms with Gasteiger partial charge in [-0.05, 0) is 44.4 Å². The van der Waals surface area contributed by atoms with Gasteiger partial charge in [-0.15, -0.1) is 24.8 Å². The number of fused-ring (bicyclic) bond motifs is 1. The van der Waals surface area contributed by atoms with Crippen molar-refractivity contribution in [2.24, 2.45) is 5.92 Å². The van der Waals surface area contributed by atoms with Crippen LogP contribution in [0.3, 0.4) is 0 Å². The first-order chi connectivity index (χ1) is 12.2. The molecule has 3 aliphatic heterocycles. The minimum absolute atomic E-state index is 0. The van der Waals surface area contributed by atoms with Crippen molar-refractivity contribution in [3.8, 4) is 5.75 Å². The van der Waals surface area contributed by atoms with Crippen LogP contribution in [-0.2, 0) is 0 Å². The maximum Gasteiger partial charge on any atom is 0.120 e. The van der Waals surface area contributed by atoms with Gasteiger partial charge in [0, 0.05) is 56.4 Å². The van der Waals surface area contributed by atoms with Gasteiger partial charge in [0.15, 0.2) is 0 Å². The summed E-state index contributed by atoms with van der Waals surface area (Å²) in [6.07, 6.45) is 4.26. The maximum absolute atomic E-state index is 10.9. The van der Waals surface area contributed by atoms with Gasteiger partial charge >= 0.3 is 0 Å². The largest absolute Gasteiger partial charge is 0.497 e. The fourth-order valence-corrected chi connectivity index (χ4v) is 4.88. The first-order valence-electron chi connectivity index (χ1n) is 9.74. The SMILES string of the molecule is COc1cccc(N2CCC(N3CC[C@@]4(O)CCNC[C@H]4C3)CC2)c1.Cl.Cl. The van der Waals surface area contributed by atoms with E-state index in [0.717, 1.165) is 57.9 Å². The molecule has 1 aromatic rings. The third kappa shape index (κ3) is 4.83. The Kier molecular flexibility index (Phi) is 8.07. The summed E-state index contributed by atoms with van der Waals surface area (Å²) in [5.41, 5.74) is 0.852. The van der Waals surface area contributed by atoms with E-state index in [1.54, 1.807) is 7.11 Å². The van der Waals surface area contributed by atoms with Crippen molar-refractivity contribution in [3.05, 3.63) is 24.3 Å². The fraction of sp³-hybridized carbons (Fsp3) is 0.700. The minimum atomic E-state index is -0.414. The number of anilines is 1. The second-order valence-electron chi connectivity index (χ2n) is 7.92. The van der Waals surface area contributed by atoms with E-state index in [9.17, 15) is 5.11 Å². The van der Waals surface area contributed by atoms with Gasteiger partial charge in [0.1, 0.15) is 5.75 Å². The van der Waals surface area contributed by atoms with E-state index in [2.05, 4.69) is 33.3 Å². The summed E-state index contributed by atoms with van der Waals surface area (Å²) in [7, 11) is 1.73. The van der Waals surface area contributed by atoms with Crippen molar-refractivity contribution < 1.29 is 9.84 Å². The zero-order valence-corrected chi connectivity index (χ0v) is 17.7. The molecule has 0 amide bonds. The molecule has 3 saturated heterocycles. The molecule has 0 unspecified atom stereocenters. The molecule has 0 aliphatic carbocycles. The molecule has 3 heterocycles. The van der Waals surface area contributed by atoms with Gasteiger partial charge < -0.3 is 20.1 Å². The number of methoxy groups -OCH3 is 1. The Labute approximate surface area is 175 Å². The lowest BCUT2D eigenvalue weighted by Gasteiger charge is -2.50. The van der Waals surface area contributed by atoms with Crippen molar-refractivity contribution in [2.75, 3.05) is 51.3 Å². The summed E-state index contributed by atoms with van der Waals surface area (Å²) in [6.45, 7) is 6.23. The highest BCUT2D eigenvalue weighted by atomic mass is 35.5. The highest BCUT2D eigenvalue weighted by Crippen LogP contribution is 2.35. The van der Waals surface area contributed by atoms with Gasteiger partial charge in [-0.3, -0.25) is 4.90 Å². The van der Waals surface area contributed by atoms with E-state index in [-0.39, 0.29) is 24.8 Å². The predicted molar refractivity (Wildman–Crippen MR) is 115 cm³/mol. The van der Waals surface area contributed by atoms with Crippen LogP contribution in [0, 0.1) is 5.92 Å². The average molecular weight is 418 g/mol. The average Bonchev–Trinajstić information content (AvgIpc) is 2.67. The minimum Gasteiger partial charge on any atom is -0.497 e. The number of nitrogens with zero attached hydrogens (tertiary/aromatic N) is 2. The molecule has 154 valence electrons. The van der Waals surface area contributed by atoms with Gasteiger partial charge in [-0.1, -0.05) is 6.07 Å². The van der Waals surface area contributed by atoms with Gasteiger partial charge in [0.25, 0.3) is 0 Å². The monoisotopic (exact) mass is 417 g/mol. The van der Waals surface area contributed by atoms with Gasteiger partial charge in [-0.25, -0.2) is 0 Å². The summed E-state index contributed by atoms with van der Waals surface area (Å²) < 4.78 is 5.36. The van der Waals surface area contributed by atoms with E-state index in [4.69, 9.17) is 4.74 Å². The number of benzene rings is 1. The van der Waals surface area contributed by atoms with Crippen LogP contribution in [0.4, 0.5) is 5.69 Å². The highest BCUT2D eigenvalue weighted by Gasteiger charge is 2.44. The van der Waals surface area contributed by atoms with Crippen molar-refractivity contribution in [1.29, 1.82) is 0 Å². The van der Waals surface area contributed by atoms with E-state index >= 15 is 0 Å². The van der Waals surface area contributed by atoms with Crippen molar-refractivity contribution in [3.63, 3.8) is 0 Å². The zero-order valence-electron chi connectivity index (χ0n) is 16.1. The number of hydrogen-bond acceptors (Lipinski definition) is 5. The number of likely N-dealkylation sites (tertiary alicyclic amines) is 1. The summed E-state index contributed by atoms with van der Waals surface area (Å²) >= 11 is 0. The highest BCUT2D eigenvalue weighted by molar-refractivity contribution is 5.85. The number of nitrogens with one attached hydrogen (secondary N) is 1. The van der Waals surface area contributed by atoms with Crippen molar-refractivity contribution in [2.45, 2.75) is 37.3 Å². The molecule has 2 N–H and O–H groups in total. The van der Waals surface area contributed by atoms with Crippen LogP contribution < -0.4 is 15.0 Å². The summed E-state index contributed by atoms with van der Waals surface area (Å²) in [5.74, 6) is 1.33. The molecule has 3 fully saturated rings. The molecule has 0 aromatic heterocycles. The Bertz CT molecular complexity index is 598. The fourth-order valence-electron chi connectivity index (χ4n) is 4.88. The second-order valence-corrected chi connectivity index (χ2v) is 7.92. The number of aliphatic hydroxyl groups is 1. The first kappa shape index (κ1) is 22.6. The molecular formula is C20H33Cl2N3O2. The molecule has 1 aromatic carbocycles. The number of piperidine rings is 3. The molecule has 0 saturated carbocycles. The van der Waals surface area contributed by atoms with Crippen LogP contribution in [-0.4, -0.2) is 68.0 Å². The Morgan fingerprint density at radius 1 is 1.15 bits per heavy atom. The third-order valence-corrected chi connectivity index (χ3v) is 6.57. The van der Waals surface area contributed by atoms with Gasteiger partial charge in [0.2, 0.25) is 0 Å². The molecule has 0 spiro atoms. The molecule has 7 heteroatoms. The summed E-state index contributed by atoms with van der Waals surface area (Å²) in [5, 5.41) is 14.3. The molecule has 27 heavy (non-hydrogen) atoms. The first-order valence-corrected chi connectivity index (χ1v) is 9.74. The van der Waals surface area contributed by atoms with Crippen LogP contribution in [0.2, 0.25) is 0 Å². The Hall–Kier alpha value is -0.720. The molecule has 0 bridgehead atoms. The lowest BCUT2D eigenvalue weighted by atomic mass is 9.75. The van der Waals surface area contributed by atoms with Crippen LogP contribution >= 0.6 is 24.8 Å². The Morgan fingerprint density at radius 2 is 1.93 bits per heavy atom. The van der Waals surface area contributed by atoms with Crippen molar-refractivity contribution in [1.82, 2.24) is 10.2 Å². The number of rotatable bonds is 3. The number of ether oxygens (including phenoxy) is 1. The molecule has 0 radical (unpaired) electrons. The predicted octanol–water partition coefficient (Wildman–Crippen LogP) is 2.55. The number of halogens is 2. The van der Waals surface area contributed by atoms with Crippen LogP contribution in [0.1, 0.15) is 25.7 Å². The molecule has 3 aliphatic rings. The normalized spacial score (nSPS) is 29.3. The van der Waals surface area contributed by atoms with Crippen molar-refractivity contribution >= 4 is 30.5 Å². The zero-order chi connectivity index (χ0) is 17.3. The van der Waals surface area contributed by atoms with Crippen LogP contribution in [0.25, 0.3) is 0 Å². The van der Waals surface area contributed by atoms with Gasteiger partial charge in [0.05, 0.1) is 12.7 Å². The maximum atomic E-state index is 10.9. The van der Waals surface area contributed by atoms with Crippen LogP contribution in [0.15, 0.2) is 24.3 Å². The molecular weight excluding hydrogens is 385 g/mol. The molecule has 2 atom stereocenters. The summed E-state index contributed by atoms with van der Waals surface area (Å²) in [4.78, 5) is 5.12. The Balaban J connectivity index is 0.00000131. The Morgan fingerprint density at radius 3 is 2.67 bits per heavy atom. The van der Waals surface area contributed by atoms with E-state index in [1.807, 2.05) is 6.07 Å². The van der Waals surface area contributed by atoms with E-state index in [1.165, 1.54) is 18.5 Å². The van der Waals surface area contributed by atoms with E-state index < -0.39 is 5.60 Å². The number of hydrogen-bond donors (Lipinski definition) is 2. The van der Waals surface area contributed by atoms with Gasteiger partial charge in [-0.2, -0.15) is 0 Å². The smallest absolute Gasteiger partial charge is 0.120 e. The quantitative estimate of drug-likeness (QED) is 0.790. The standard InChI is InChI=1S/C20H31N3O2.2ClH/c1-25-19-4-2-3-18(13-19)22-10-5-17(6-11-22)23-12-8-20(24)7-9-21-14-16(20)15-23;;/h2-4,13,16-17,21,24H,5-12,14-15H2,1H3;2*1H/t16-,20-;;/m0../s1. The third-order valence-electron chi connectivity index (χ3n) is 6.57. The molecule has 5 nitrogen and oxygen atoms in total. The van der Waals surface area contributed by atoms with Crippen LogP contribution in [0.5, 0.6) is 5.75 Å². The van der Waals surface area contributed by atoms with E-state index in [0.29, 0.717) is 12.0 Å². The molecule has 4 rings (SSSR count). The summed E-state index contributed by atoms with van der Waals surface area (Å²) in [6, 6.07) is 9.05. The topological polar surface area (TPSA) is 48.0 Å².